The molecule has 0 spiro atoms. The smallest absolute Gasteiger partial charge is 0.256 e. The van der Waals surface area contributed by atoms with Crippen LogP contribution in [0, 0.1) is 0 Å². The number of nitrogens with zero attached hydrogens (tertiary/aromatic N) is 2. The van der Waals surface area contributed by atoms with Gasteiger partial charge in [-0.15, -0.1) is 0 Å². The molecule has 3 rings (SSSR count). The van der Waals surface area contributed by atoms with Crippen molar-refractivity contribution in [3.05, 3.63) is 36.0 Å². The van der Waals surface area contributed by atoms with Gasteiger partial charge in [-0.25, -0.2) is 0 Å². The predicted molar refractivity (Wildman–Crippen MR) is 76.3 cm³/mol. The van der Waals surface area contributed by atoms with Crippen molar-refractivity contribution < 1.29 is 4.79 Å². The monoisotopic (exact) mass is 257 g/mol. The Balaban J connectivity index is 1.97. The fourth-order valence-electron chi connectivity index (χ4n) is 2.73. The summed E-state index contributed by atoms with van der Waals surface area (Å²) in [6, 6.07) is 8.07. The van der Waals surface area contributed by atoms with Crippen LogP contribution >= 0.6 is 0 Å². The fourth-order valence-corrected chi connectivity index (χ4v) is 2.73. The molecule has 0 bridgehead atoms. The lowest BCUT2D eigenvalue weighted by atomic mass is 10.1. The lowest BCUT2D eigenvalue weighted by molar-refractivity contribution is 0.0768. The third kappa shape index (κ3) is 2.24. The minimum atomic E-state index is 0.153. The van der Waals surface area contributed by atoms with Crippen LogP contribution in [0.25, 0.3) is 10.9 Å². The highest BCUT2D eigenvalue weighted by atomic mass is 16.2. The summed E-state index contributed by atoms with van der Waals surface area (Å²) in [6.07, 6.45) is 2.97. The first-order valence-electron chi connectivity index (χ1n) is 6.81. The average Bonchev–Trinajstić information content (AvgIpc) is 2.64. The SMILES string of the molecule is Cn1cc(C(=O)N2CCCNCC2)c2ccccc21. The number of carbonyl (C=O) groups excluding carboxylic acids is 1. The number of benzene rings is 1. The minimum absolute atomic E-state index is 0.153. The van der Waals surface area contributed by atoms with Crippen molar-refractivity contribution in [1.82, 2.24) is 14.8 Å². The predicted octanol–water partition coefficient (Wildman–Crippen LogP) is 1.61. The molecule has 1 aliphatic heterocycles. The van der Waals surface area contributed by atoms with Crippen molar-refractivity contribution in [2.45, 2.75) is 6.42 Å². The molecule has 0 radical (unpaired) electrons. The maximum absolute atomic E-state index is 12.7. The first kappa shape index (κ1) is 12.2. The van der Waals surface area contributed by atoms with Crippen LogP contribution in [0.5, 0.6) is 0 Å². The van der Waals surface area contributed by atoms with Crippen LogP contribution in [0.4, 0.5) is 0 Å². The quantitative estimate of drug-likeness (QED) is 0.843. The van der Waals surface area contributed by atoms with Crippen molar-refractivity contribution in [2.24, 2.45) is 7.05 Å². The number of aryl methyl sites for hydroxylation is 1. The first-order chi connectivity index (χ1) is 9.27. The third-order valence-corrected chi connectivity index (χ3v) is 3.75. The molecule has 1 aliphatic rings. The van der Waals surface area contributed by atoms with Crippen molar-refractivity contribution in [3.8, 4) is 0 Å². The Kier molecular flexibility index (Phi) is 3.25. The van der Waals surface area contributed by atoms with Crippen LogP contribution in [0.2, 0.25) is 0 Å². The Morgan fingerprint density at radius 2 is 2.05 bits per heavy atom. The Labute approximate surface area is 113 Å². The van der Waals surface area contributed by atoms with E-state index in [0.717, 1.165) is 49.1 Å². The molecule has 0 unspecified atom stereocenters. The zero-order chi connectivity index (χ0) is 13.2. The zero-order valence-corrected chi connectivity index (χ0v) is 11.2. The van der Waals surface area contributed by atoms with Crippen LogP contribution in [0.3, 0.4) is 0 Å². The number of aromatic nitrogens is 1. The van der Waals surface area contributed by atoms with Gasteiger partial charge in [0.05, 0.1) is 5.56 Å². The standard InChI is InChI=1S/C15H19N3O/c1-17-11-13(12-5-2-3-6-14(12)17)15(19)18-9-4-7-16-8-10-18/h2-3,5-6,11,16H,4,7-10H2,1H3. The summed E-state index contributed by atoms with van der Waals surface area (Å²) in [4.78, 5) is 14.6. The highest BCUT2D eigenvalue weighted by Crippen LogP contribution is 2.21. The average molecular weight is 257 g/mol. The number of carbonyl (C=O) groups is 1. The molecule has 2 heterocycles. The summed E-state index contributed by atoms with van der Waals surface area (Å²) >= 11 is 0. The number of fused-ring (bicyclic) bond motifs is 1. The number of hydrogen-bond acceptors (Lipinski definition) is 2. The van der Waals surface area contributed by atoms with E-state index in [1.807, 2.05) is 40.9 Å². The largest absolute Gasteiger partial charge is 0.350 e. The number of para-hydroxylation sites is 1. The van der Waals surface area contributed by atoms with Crippen molar-refractivity contribution in [2.75, 3.05) is 26.2 Å². The Morgan fingerprint density at radius 1 is 1.21 bits per heavy atom. The van der Waals surface area contributed by atoms with E-state index in [-0.39, 0.29) is 5.91 Å². The van der Waals surface area contributed by atoms with Crippen LogP contribution in [-0.4, -0.2) is 41.6 Å². The van der Waals surface area contributed by atoms with Gasteiger partial charge in [0.25, 0.3) is 5.91 Å². The topological polar surface area (TPSA) is 37.3 Å². The molecule has 0 atom stereocenters. The molecule has 1 fully saturated rings. The highest BCUT2D eigenvalue weighted by molar-refractivity contribution is 6.07. The van der Waals surface area contributed by atoms with E-state index in [2.05, 4.69) is 11.4 Å². The van der Waals surface area contributed by atoms with Gasteiger partial charge in [-0.2, -0.15) is 0 Å². The van der Waals surface area contributed by atoms with Crippen LogP contribution < -0.4 is 5.32 Å². The van der Waals surface area contributed by atoms with Crippen LogP contribution in [0.15, 0.2) is 30.5 Å². The molecular weight excluding hydrogens is 238 g/mol. The zero-order valence-electron chi connectivity index (χ0n) is 11.2. The van der Waals surface area contributed by atoms with E-state index in [4.69, 9.17) is 0 Å². The maximum atomic E-state index is 12.7. The summed E-state index contributed by atoms with van der Waals surface area (Å²) < 4.78 is 2.03. The number of nitrogens with one attached hydrogen (secondary N) is 1. The summed E-state index contributed by atoms with van der Waals surface area (Å²) in [7, 11) is 1.99. The molecule has 1 aromatic heterocycles. The van der Waals surface area contributed by atoms with Gasteiger partial charge < -0.3 is 14.8 Å². The van der Waals surface area contributed by atoms with E-state index in [1.165, 1.54) is 0 Å². The van der Waals surface area contributed by atoms with E-state index >= 15 is 0 Å². The Morgan fingerprint density at radius 3 is 2.95 bits per heavy atom. The second-order valence-electron chi connectivity index (χ2n) is 5.07. The normalized spacial score (nSPS) is 16.6. The van der Waals surface area contributed by atoms with Crippen LogP contribution in [0.1, 0.15) is 16.8 Å². The first-order valence-corrected chi connectivity index (χ1v) is 6.81. The maximum Gasteiger partial charge on any atom is 0.256 e. The van der Waals surface area contributed by atoms with E-state index in [1.54, 1.807) is 0 Å². The number of rotatable bonds is 1. The van der Waals surface area contributed by atoms with Gasteiger partial charge in [-0.05, 0) is 19.0 Å². The van der Waals surface area contributed by atoms with Gasteiger partial charge >= 0.3 is 0 Å². The van der Waals surface area contributed by atoms with Crippen molar-refractivity contribution in [1.29, 1.82) is 0 Å². The fraction of sp³-hybridized carbons (Fsp3) is 0.400. The summed E-state index contributed by atoms with van der Waals surface area (Å²) in [5.74, 6) is 0.153. The molecule has 1 aromatic carbocycles. The van der Waals surface area contributed by atoms with Gasteiger partial charge in [0.15, 0.2) is 0 Å². The Bertz CT molecular complexity index is 594. The van der Waals surface area contributed by atoms with E-state index in [0.29, 0.717) is 0 Å². The van der Waals surface area contributed by atoms with E-state index in [9.17, 15) is 4.79 Å². The number of hydrogen-bond donors (Lipinski definition) is 1. The highest BCUT2D eigenvalue weighted by Gasteiger charge is 2.20. The lowest BCUT2D eigenvalue weighted by Gasteiger charge is -2.19. The summed E-state index contributed by atoms with van der Waals surface area (Å²) in [6.45, 7) is 3.52. The third-order valence-electron chi connectivity index (χ3n) is 3.75. The van der Waals surface area contributed by atoms with Gasteiger partial charge in [0.2, 0.25) is 0 Å². The van der Waals surface area contributed by atoms with Gasteiger partial charge in [-0.3, -0.25) is 4.79 Å². The summed E-state index contributed by atoms with van der Waals surface area (Å²) in [5, 5.41) is 4.38. The van der Waals surface area contributed by atoms with Crippen molar-refractivity contribution >= 4 is 16.8 Å². The Hall–Kier alpha value is -1.81. The van der Waals surface area contributed by atoms with Crippen molar-refractivity contribution in [3.63, 3.8) is 0 Å². The molecule has 1 saturated heterocycles. The lowest BCUT2D eigenvalue weighted by Crippen LogP contribution is -2.34. The molecule has 1 N–H and O–H groups in total. The molecule has 100 valence electrons. The molecular formula is C15H19N3O. The van der Waals surface area contributed by atoms with Gasteiger partial charge in [-0.1, -0.05) is 18.2 Å². The minimum Gasteiger partial charge on any atom is -0.350 e. The molecule has 4 nitrogen and oxygen atoms in total. The molecule has 4 heteroatoms. The molecule has 0 aliphatic carbocycles. The number of amides is 1. The van der Waals surface area contributed by atoms with Gasteiger partial charge in [0.1, 0.15) is 0 Å². The second-order valence-corrected chi connectivity index (χ2v) is 5.07. The van der Waals surface area contributed by atoms with Gasteiger partial charge in [0, 0.05) is 43.8 Å². The molecule has 2 aromatic rings. The second kappa shape index (κ2) is 5.05. The van der Waals surface area contributed by atoms with Crippen LogP contribution in [-0.2, 0) is 7.05 Å². The summed E-state index contributed by atoms with van der Waals surface area (Å²) in [5.41, 5.74) is 1.93. The molecule has 19 heavy (non-hydrogen) atoms. The molecule has 0 saturated carbocycles. The van der Waals surface area contributed by atoms with E-state index < -0.39 is 0 Å². The molecule has 1 amide bonds.